The van der Waals surface area contributed by atoms with Gasteiger partial charge < -0.3 is 39.4 Å². The molecular formula is C46H65N5O10S. The fourth-order valence-corrected chi connectivity index (χ4v) is 7.23. The summed E-state index contributed by atoms with van der Waals surface area (Å²) in [6.45, 7) is 17.2. The molecule has 2 aromatic carbocycles. The van der Waals surface area contributed by atoms with E-state index < -0.39 is 83.1 Å². The molecule has 0 aliphatic rings. The fourth-order valence-electron chi connectivity index (χ4n) is 6.42. The van der Waals surface area contributed by atoms with E-state index in [2.05, 4.69) is 15.6 Å². The van der Waals surface area contributed by atoms with Crippen LogP contribution in [0.4, 0.5) is 4.79 Å². The Bertz CT molecular complexity index is 1980. The number of amides is 4. The number of alkyl carbamates (subject to hydrolysis) is 1. The Morgan fingerprint density at radius 2 is 1.31 bits per heavy atom. The predicted octanol–water partition coefficient (Wildman–Crippen LogP) is 6.68. The molecule has 6 atom stereocenters. The van der Waals surface area contributed by atoms with Crippen LogP contribution in [0.1, 0.15) is 115 Å². The van der Waals surface area contributed by atoms with Gasteiger partial charge in [-0.3, -0.25) is 19.2 Å². The highest BCUT2D eigenvalue weighted by molar-refractivity contribution is 7.09. The molecule has 16 heteroatoms. The summed E-state index contributed by atoms with van der Waals surface area (Å²) < 4.78 is 22.1. The first-order valence-corrected chi connectivity index (χ1v) is 21.7. The zero-order valence-electron chi connectivity index (χ0n) is 38.4. The van der Waals surface area contributed by atoms with Gasteiger partial charge in [-0.2, -0.15) is 0 Å². The van der Waals surface area contributed by atoms with Crippen molar-refractivity contribution in [2.45, 2.75) is 136 Å². The third-order valence-electron chi connectivity index (χ3n) is 9.84. The van der Waals surface area contributed by atoms with Crippen LogP contribution in [0.25, 0.3) is 0 Å². The van der Waals surface area contributed by atoms with Crippen LogP contribution in [0.5, 0.6) is 5.75 Å². The van der Waals surface area contributed by atoms with Gasteiger partial charge in [-0.15, -0.1) is 11.3 Å². The largest absolute Gasteiger partial charge is 0.497 e. The Hall–Kier alpha value is -5.51. The van der Waals surface area contributed by atoms with Crippen molar-refractivity contribution in [3.63, 3.8) is 0 Å². The lowest BCUT2D eigenvalue weighted by molar-refractivity contribution is -0.167. The van der Waals surface area contributed by atoms with Gasteiger partial charge in [0, 0.05) is 38.4 Å². The van der Waals surface area contributed by atoms with Crippen LogP contribution in [0.15, 0.2) is 60.0 Å². The summed E-state index contributed by atoms with van der Waals surface area (Å²) >= 11 is 1.20. The number of ether oxygens (including phenoxy) is 4. The second kappa shape index (κ2) is 22.5. The fraction of sp³-hybridized carbons (Fsp3) is 0.543. The van der Waals surface area contributed by atoms with Gasteiger partial charge in [0.1, 0.15) is 39.7 Å². The summed E-state index contributed by atoms with van der Waals surface area (Å²) in [6, 6.07) is 13.0. The molecule has 3 aromatic rings. The van der Waals surface area contributed by atoms with Crippen LogP contribution < -0.4 is 15.4 Å². The maximum absolute atomic E-state index is 14.6. The zero-order valence-corrected chi connectivity index (χ0v) is 39.2. The molecule has 0 spiro atoms. The van der Waals surface area contributed by atoms with Gasteiger partial charge in [-0.05, 0) is 92.0 Å². The number of carbonyl (C=O) groups excluding carboxylic acids is 6. The van der Waals surface area contributed by atoms with Crippen molar-refractivity contribution in [1.82, 2.24) is 25.4 Å². The molecule has 4 amide bonds. The van der Waals surface area contributed by atoms with Crippen LogP contribution in [0, 0.1) is 5.92 Å². The van der Waals surface area contributed by atoms with E-state index in [1.807, 2.05) is 37.3 Å². The molecule has 2 N–H and O–H groups in total. The number of nitrogens with zero attached hydrogens (tertiary/aromatic N) is 3. The van der Waals surface area contributed by atoms with Gasteiger partial charge in [-0.25, -0.2) is 14.6 Å². The molecule has 0 aliphatic carbocycles. The Morgan fingerprint density at radius 1 is 0.742 bits per heavy atom. The van der Waals surface area contributed by atoms with Gasteiger partial charge >= 0.3 is 18.0 Å². The number of nitrogens with one attached hydrogen (secondary N) is 2. The summed E-state index contributed by atoms with van der Waals surface area (Å²) in [5, 5.41) is 7.67. The van der Waals surface area contributed by atoms with E-state index in [1.54, 1.807) is 92.1 Å². The van der Waals surface area contributed by atoms with Crippen molar-refractivity contribution >= 4 is 47.1 Å². The minimum absolute atomic E-state index is 0.0671. The predicted molar refractivity (Wildman–Crippen MR) is 237 cm³/mol. The first-order chi connectivity index (χ1) is 28.9. The molecule has 1 aromatic heterocycles. The number of hydrogen-bond acceptors (Lipinski definition) is 12. The summed E-state index contributed by atoms with van der Waals surface area (Å²) in [7, 11) is 4.52. The quantitative estimate of drug-likeness (QED) is 0.0968. The van der Waals surface area contributed by atoms with E-state index in [0.29, 0.717) is 29.2 Å². The van der Waals surface area contributed by atoms with Crippen LogP contribution in [0.2, 0.25) is 0 Å². The van der Waals surface area contributed by atoms with Gasteiger partial charge in [0.25, 0.3) is 11.8 Å². The molecule has 340 valence electrons. The minimum Gasteiger partial charge on any atom is -0.497 e. The highest BCUT2D eigenvalue weighted by Crippen LogP contribution is 2.23. The van der Waals surface area contributed by atoms with Crippen LogP contribution in [-0.2, 0) is 46.2 Å². The highest BCUT2D eigenvalue weighted by atomic mass is 32.1. The van der Waals surface area contributed by atoms with Crippen molar-refractivity contribution in [2.75, 3.05) is 21.2 Å². The maximum Gasteiger partial charge on any atom is 0.408 e. The van der Waals surface area contributed by atoms with Crippen LogP contribution in [-0.4, -0.2) is 107 Å². The summed E-state index contributed by atoms with van der Waals surface area (Å²) in [6.07, 6.45) is -0.660. The molecule has 0 unspecified atom stereocenters. The molecule has 0 fully saturated rings. The topological polar surface area (TPSA) is 183 Å². The van der Waals surface area contributed by atoms with Gasteiger partial charge in [0.05, 0.1) is 19.1 Å². The van der Waals surface area contributed by atoms with Crippen molar-refractivity contribution in [3.05, 3.63) is 81.8 Å². The Kier molecular flexibility index (Phi) is 18.5. The highest BCUT2D eigenvalue weighted by Gasteiger charge is 2.39. The Labute approximate surface area is 370 Å². The maximum atomic E-state index is 14.6. The van der Waals surface area contributed by atoms with Crippen molar-refractivity contribution in [3.8, 4) is 5.75 Å². The van der Waals surface area contributed by atoms with E-state index in [9.17, 15) is 28.8 Å². The average molecular weight is 880 g/mol. The Balaban J connectivity index is 1.81. The second-order valence-electron chi connectivity index (χ2n) is 17.4. The van der Waals surface area contributed by atoms with E-state index >= 15 is 0 Å². The zero-order chi connectivity index (χ0) is 46.5. The first-order valence-electron chi connectivity index (χ1n) is 20.8. The van der Waals surface area contributed by atoms with Crippen LogP contribution in [0.3, 0.4) is 0 Å². The SMILES string of the molecule is CCC[C@@H](NC(=O)c1csc([C@H](C)NC(=O)OC(C)(C)C)n1)[C@@H](C)C(=O)O[C@@H](C)C(=O)N(C)[C@@H](Cc1ccc(OC)cc1)C(=O)N(C)[C@@H](Cc1ccccc1)C(=O)OC(C)(C)C. The molecule has 0 aliphatic heterocycles. The number of methoxy groups -OCH3 is 1. The van der Waals surface area contributed by atoms with E-state index in [0.717, 1.165) is 5.56 Å². The number of aromatic nitrogens is 1. The number of likely N-dealkylation sites (N-methyl/N-ethyl adjacent to an activating group) is 2. The van der Waals surface area contributed by atoms with Gasteiger partial charge in [0.2, 0.25) is 5.91 Å². The lowest BCUT2D eigenvalue weighted by Gasteiger charge is -2.36. The van der Waals surface area contributed by atoms with Crippen molar-refractivity contribution in [2.24, 2.45) is 5.92 Å². The lowest BCUT2D eigenvalue weighted by atomic mass is 9.97. The molecule has 15 nitrogen and oxygen atoms in total. The van der Waals surface area contributed by atoms with Crippen molar-refractivity contribution in [1.29, 1.82) is 0 Å². The normalized spacial score (nSPS) is 14.5. The van der Waals surface area contributed by atoms with E-state index in [4.69, 9.17) is 18.9 Å². The molecule has 0 radical (unpaired) electrons. The first kappa shape index (κ1) is 50.8. The van der Waals surface area contributed by atoms with Gasteiger partial charge in [0.15, 0.2) is 6.10 Å². The van der Waals surface area contributed by atoms with Crippen LogP contribution >= 0.6 is 11.3 Å². The van der Waals surface area contributed by atoms with E-state index in [-0.39, 0.29) is 18.5 Å². The number of carbonyl (C=O) groups is 6. The third-order valence-corrected chi connectivity index (χ3v) is 10.9. The molecule has 3 rings (SSSR count). The molecule has 0 bridgehead atoms. The van der Waals surface area contributed by atoms with Crippen molar-refractivity contribution < 1.29 is 47.7 Å². The standard InChI is InChI=1S/C46H65N5O10S/c1-14-18-34(48-38(52)35-27-62-39(49-35)29(3)47-44(57)61-46(8,9)10)28(2)42(55)59-30(4)40(53)50(11)36(25-32-21-23-33(58-13)24-22-32)41(54)51(12)37(43(56)60-45(5,6)7)26-31-19-16-15-17-20-31/h15-17,19-24,27-30,34,36-37H,14,18,25-26H2,1-13H3,(H,47,57)(H,48,52)/t28-,29+,30+,34-,36+,37+/m1/s1. The lowest BCUT2D eigenvalue weighted by Crippen LogP contribution is -2.56. The molecular weight excluding hydrogens is 815 g/mol. The summed E-state index contributed by atoms with van der Waals surface area (Å²) in [4.78, 5) is 88.8. The number of esters is 2. The number of thiazole rings is 1. The molecule has 0 saturated heterocycles. The average Bonchev–Trinajstić information content (AvgIpc) is 3.71. The Morgan fingerprint density at radius 3 is 1.87 bits per heavy atom. The molecule has 1 heterocycles. The molecule has 62 heavy (non-hydrogen) atoms. The summed E-state index contributed by atoms with van der Waals surface area (Å²) in [5.41, 5.74) is 0.130. The smallest absolute Gasteiger partial charge is 0.408 e. The number of hydrogen-bond donors (Lipinski definition) is 2. The second-order valence-corrected chi connectivity index (χ2v) is 18.3. The van der Waals surface area contributed by atoms with E-state index in [1.165, 1.54) is 42.2 Å². The minimum atomic E-state index is -1.32. The van der Waals surface area contributed by atoms with Gasteiger partial charge in [-0.1, -0.05) is 55.8 Å². The third kappa shape index (κ3) is 15.4. The summed E-state index contributed by atoms with van der Waals surface area (Å²) in [5.74, 6) is -3.28. The number of rotatable bonds is 19. The monoisotopic (exact) mass is 879 g/mol. The molecule has 0 saturated carbocycles. The number of benzene rings is 2.